The molecule has 1 heterocycles. The maximum absolute atomic E-state index is 6.32. The Labute approximate surface area is 130 Å². The van der Waals surface area contributed by atoms with E-state index in [1.165, 1.54) is 18.4 Å². The topological polar surface area (TPSA) is 42.2 Å². The van der Waals surface area contributed by atoms with Crippen LogP contribution < -0.4 is 5.73 Å². The predicted octanol–water partition coefficient (Wildman–Crippen LogP) is 3.86. The van der Waals surface area contributed by atoms with Gasteiger partial charge in [-0.15, -0.1) is 0 Å². The maximum Gasteiger partial charge on any atom is 0.0497 e. The molecular formula is C18H33N3. The Morgan fingerprint density at radius 3 is 1.81 bits per heavy atom. The van der Waals surface area contributed by atoms with Crippen LogP contribution in [0.15, 0.2) is 24.5 Å². The van der Waals surface area contributed by atoms with Gasteiger partial charge in [-0.2, -0.15) is 0 Å². The summed E-state index contributed by atoms with van der Waals surface area (Å²) in [4.78, 5) is 6.70. The van der Waals surface area contributed by atoms with Crippen molar-refractivity contribution >= 4 is 0 Å². The average Bonchev–Trinajstić information content (AvgIpc) is 2.42. The van der Waals surface area contributed by atoms with Crippen LogP contribution in [0, 0.1) is 11.8 Å². The highest BCUT2D eigenvalue weighted by molar-refractivity contribution is 5.17. The number of pyridine rings is 1. The van der Waals surface area contributed by atoms with Crippen LogP contribution in [0.5, 0.6) is 0 Å². The molecule has 1 aromatic rings. The van der Waals surface area contributed by atoms with Crippen LogP contribution in [0.25, 0.3) is 0 Å². The van der Waals surface area contributed by atoms with Crippen molar-refractivity contribution < 1.29 is 0 Å². The largest absolute Gasteiger partial charge is 0.326 e. The molecule has 0 amide bonds. The Morgan fingerprint density at radius 1 is 0.952 bits per heavy atom. The van der Waals surface area contributed by atoms with Crippen molar-refractivity contribution in [2.45, 2.75) is 59.5 Å². The molecule has 0 spiro atoms. The molecule has 0 radical (unpaired) electrons. The van der Waals surface area contributed by atoms with Crippen molar-refractivity contribution in [3.8, 4) is 0 Å². The highest BCUT2D eigenvalue weighted by atomic mass is 15.2. The van der Waals surface area contributed by atoms with Crippen LogP contribution in [-0.4, -0.2) is 29.0 Å². The molecule has 120 valence electrons. The molecule has 2 atom stereocenters. The smallest absolute Gasteiger partial charge is 0.0497 e. The van der Waals surface area contributed by atoms with Crippen LogP contribution in [0.4, 0.5) is 0 Å². The SMILES string of the molecule is CC(C)CCN(CCC(C)C)C(c1ccncc1)C(C)N. The molecule has 0 saturated heterocycles. The zero-order valence-corrected chi connectivity index (χ0v) is 14.4. The molecule has 3 heteroatoms. The van der Waals surface area contributed by atoms with Gasteiger partial charge in [-0.1, -0.05) is 27.7 Å². The number of aromatic nitrogens is 1. The van der Waals surface area contributed by atoms with Gasteiger partial charge in [-0.05, 0) is 62.4 Å². The minimum atomic E-state index is 0.117. The van der Waals surface area contributed by atoms with Gasteiger partial charge in [0.1, 0.15) is 0 Å². The Balaban J connectivity index is 2.88. The summed E-state index contributed by atoms with van der Waals surface area (Å²) in [6.07, 6.45) is 6.17. The minimum absolute atomic E-state index is 0.117. The summed E-state index contributed by atoms with van der Waals surface area (Å²) in [6.45, 7) is 13.5. The first-order valence-corrected chi connectivity index (χ1v) is 8.31. The number of hydrogen-bond donors (Lipinski definition) is 1. The van der Waals surface area contributed by atoms with E-state index in [1.54, 1.807) is 0 Å². The number of rotatable bonds is 9. The second-order valence-electron chi connectivity index (χ2n) is 6.99. The fourth-order valence-corrected chi connectivity index (χ4v) is 2.65. The average molecular weight is 291 g/mol. The van der Waals surface area contributed by atoms with E-state index >= 15 is 0 Å². The van der Waals surface area contributed by atoms with Crippen molar-refractivity contribution in [3.05, 3.63) is 30.1 Å². The lowest BCUT2D eigenvalue weighted by Crippen LogP contribution is -2.41. The van der Waals surface area contributed by atoms with E-state index < -0.39 is 0 Å². The predicted molar refractivity (Wildman–Crippen MR) is 91.1 cm³/mol. The molecule has 0 aliphatic rings. The molecule has 0 fully saturated rings. The van der Waals surface area contributed by atoms with Gasteiger partial charge in [-0.25, -0.2) is 0 Å². The van der Waals surface area contributed by atoms with E-state index in [2.05, 4.69) is 56.6 Å². The number of nitrogens with two attached hydrogens (primary N) is 1. The lowest BCUT2D eigenvalue weighted by Gasteiger charge is -2.35. The van der Waals surface area contributed by atoms with Crippen molar-refractivity contribution in [2.24, 2.45) is 17.6 Å². The molecule has 2 N–H and O–H groups in total. The monoisotopic (exact) mass is 291 g/mol. The summed E-state index contributed by atoms with van der Waals surface area (Å²) in [7, 11) is 0. The Kier molecular flexibility index (Phi) is 7.91. The lowest BCUT2D eigenvalue weighted by molar-refractivity contribution is 0.159. The van der Waals surface area contributed by atoms with Crippen LogP contribution >= 0.6 is 0 Å². The summed E-state index contributed by atoms with van der Waals surface area (Å²) >= 11 is 0. The third-order valence-corrected chi connectivity index (χ3v) is 3.93. The van der Waals surface area contributed by atoms with Crippen molar-refractivity contribution in [1.29, 1.82) is 0 Å². The molecular weight excluding hydrogens is 258 g/mol. The summed E-state index contributed by atoms with van der Waals surface area (Å²) in [5.41, 5.74) is 7.61. The van der Waals surface area contributed by atoms with E-state index in [-0.39, 0.29) is 12.1 Å². The van der Waals surface area contributed by atoms with E-state index in [0.29, 0.717) is 0 Å². The summed E-state index contributed by atoms with van der Waals surface area (Å²) in [5.74, 6) is 1.44. The van der Waals surface area contributed by atoms with Gasteiger partial charge in [0.05, 0.1) is 0 Å². The van der Waals surface area contributed by atoms with Gasteiger partial charge in [0.2, 0.25) is 0 Å². The van der Waals surface area contributed by atoms with Crippen molar-refractivity contribution in [2.75, 3.05) is 13.1 Å². The normalized spacial score (nSPS) is 14.9. The van der Waals surface area contributed by atoms with Gasteiger partial charge in [0.15, 0.2) is 0 Å². The van der Waals surface area contributed by atoms with Crippen LogP contribution in [-0.2, 0) is 0 Å². The molecule has 21 heavy (non-hydrogen) atoms. The summed E-state index contributed by atoms with van der Waals surface area (Å²) < 4.78 is 0. The number of hydrogen-bond acceptors (Lipinski definition) is 3. The number of nitrogens with zero attached hydrogens (tertiary/aromatic N) is 2. The van der Waals surface area contributed by atoms with E-state index in [0.717, 1.165) is 24.9 Å². The Morgan fingerprint density at radius 2 is 1.43 bits per heavy atom. The molecule has 2 unspecified atom stereocenters. The van der Waals surface area contributed by atoms with Gasteiger partial charge >= 0.3 is 0 Å². The fourth-order valence-electron chi connectivity index (χ4n) is 2.65. The highest BCUT2D eigenvalue weighted by Crippen LogP contribution is 2.25. The third kappa shape index (κ3) is 6.58. The Bertz CT molecular complexity index is 361. The molecule has 3 nitrogen and oxygen atoms in total. The van der Waals surface area contributed by atoms with E-state index in [4.69, 9.17) is 5.73 Å². The molecule has 1 rings (SSSR count). The fraction of sp³-hybridized carbons (Fsp3) is 0.722. The van der Waals surface area contributed by atoms with Crippen molar-refractivity contribution in [3.63, 3.8) is 0 Å². The third-order valence-electron chi connectivity index (χ3n) is 3.93. The van der Waals surface area contributed by atoms with Gasteiger partial charge in [-0.3, -0.25) is 9.88 Å². The Hall–Kier alpha value is -0.930. The molecule has 0 aliphatic heterocycles. The first-order valence-electron chi connectivity index (χ1n) is 8.31. The molecule has 0 aromatic carbocycles. The molecule has 0 bridgehead atoms. The van der Waals surface area contributed by atoms with Crippen LogP contribution in [0.3, 0.4) is 0 Å². The highest BCUT2D eigenvalue weighted by Gasteiger charge is 2.24. The molecule has 0 aliphatic carbocycles. The zero-order chi connectivity index (χ0) is 15.8. The van der Waals surface area contributed by atoms with Gasteiger partial charge < -0.3 is 5.73 Å². The zero-order valence-electron chi connectivity index (χ0n) is 14.4. The van der Waals surface area contributed by atoms with Crippen molar-refractivity contribution in [1.82, 2.24) is 9.88 Å². The van der Waals surface area contributed by atoms with Gasteiger partial charge in [0.25, 0.3) is 0 Å². The molecule has 0 saturated carbocycles. The maximum atomic E-state index is 6.32. The standard InChI is InChI=1S/C18H33N3/c1-14(2)8-12-21(13-9-15(3)4)18(16(5)19)17-6-10-20-11-7-17/h6-7,10-11,14-16,18H,8-9,12-13,19H2,1-5H3. The second kappa shape index (κ2) is 9.16. The first kappa shape index (κ1) is 18.1. The van der Waals surface area contributed by atoms with Gasteiger partial charge in [0, 0.05) is 24.5 Å². The molecule has 1 aromatic heterocycles. The minimum Gasteiger partial charge on any atom is -0.326 e. The lowest BCUT2D eigenvalue weighted by atomic mass is 9.98. The quantitative estimate of drug-likeness (QED) is 0.751. The second-order valence-corrected chi connectivity index (χ2v) is 6.99. The van der Waals surface area contributed by atoms with E-state index in [1.807, 2.05) is 12.4 Å². The first-order chi connectivity index (χ1) is 9.91. The summed E-state index contributed by atoms with van der Waals surface area (Å²) in [6, 6.07) is 4.61. The van der Waals surface area contributed by atoms with E-state index in [9.17, 15) is 0 Å². The summed E-state index contributed by atoms with van der Waals surface area (Å²) in [5, 5.41) is 0. The van der Waals surface area contributed by atoms with Crippen LogP contribution in [0.2, 0.25) is 0 Å². The van der Waals surface area contributed by atoms with Crippen LogP contribution in [0.1, 0.15) is 59.1 Å².